The van der Waals surface area contributed by atoms with Gasteiger partial charge in [-0.1, -0.05) is 32.0 Å². The highest BCUT2D eigenvalue weighted by Crippen LogP contribution is 2.22. The van der Waals surface area contributed by atoms with E-state index in [0.717, 1.165) is 22.9 Å². The van der Waals surface area contributed by atoms with Crippen LogP contribution < -0.4 is 5.32 Å². The number of hydrogen-bond donors (Lipinski definition) is 1. The number of rotatable bonds is 7. The lowest BCUT2D eigenvalue weighted by atomic mass is 10.1. The summed E-state index contributed by atoms with van der Waals surface area (Å²) >= 11 is 0. The topological polar surface area (TPSA) is 57.8 Å². The molecule has 0 atom stereocenters. The number of nitrogens with one attached hydrogen (secondary N) is 1. The second-order valence-electron chi connectivity index (χ2n) is 6.01. The molecule has 4 nitrogen and oxygen atoms in total. The summed E-state index contributed by atoms with van der Waals surface area (Å²) in [6.45, 7) is 5.63. The molecule has 0 saturated heterocycles. The normalized spacial score (nSPS) is 11.2. The van der Waals surface area contributed by atoms with Gasteiger partial charge in [-0.2, -0.15) is 5.26 Å². The summed E-state index contributed by atoms with van der Waals surface area (Å²) in [5, 5.41) is 12.8. The molecule has 1 aromatic heterocycles. The van der Waals surface area contributed by atoms with Crippen molar-refractivity contribution in [1.29, 1.82) is 5.26 Å². The molecular weight excluding hydrogens is 286 g/mol. The van der Waals surface area contributed by atoms with Gasteiger partial charge in [0.1, 0.15) is 0 Å². The van der Waals surface area contributed by atoms with Crippen molar-refractivity contribution in [2.45, 2.75) is 33.2 Å². The molecule has 4 heteroatoms. The fraction of sp³-hybridized carbons (Fsp3) is 0.368. The number of aryl methyl sites for hydroxylation is 1. The molecule has 120 valence electrons. The first kappa shape index (κ1) is 16.8. The third-order valence-electron chi connectivity index (χ3n) is 3.72. The zero-order valence-electron chi connectivity index (χ0n) is 13.7. The van der Waals surface area contributed by atoms with Crippen LogP contribution in [0.25, 0.3) is 17.0 Å². The maximum Gasteiger partial charge on any atom is 0.244 e. The highest BCUT2D eigenvalue weighted by Gasteiger charge is 2.06. The Labute approximate surface area is 137 Å². The van der Waals surface area contributed by atoms with Gasteiger partial charge in [0.25, 0.3) is 0 Å². The Balaban J connectivity index is 2.12. The van der Waals surface area contributed by atoms with Crippen LogP contribution in [-0.4, -0.2) is 17.0 Å². The van der Waals surface area contributed by atoms with Crippen molar-refractivity contribution in [1.82, 2.24) is 9.88 Å². The van der Waals surface area contributed by atoms with Gasteiger partial charge in [-0.25, -0.2) is 0 Å². The zero-order chi connectivity index (χ0) is 16.7. The molecule has 2 aromatic rings. The number of benzene rings is 1. The number of carbonyl (C=O) groups is 1. The molecule has 0 saturated carbocycles. The first-order chi connectivity index (χ1) is 11.1. The number of hydrogen-bond acceptors (Lipinski definition) is 2. The number of nitriles is 1. The van der Waals surface area contributed by atoms with Gasteiger partial charge in [-0.15, -0.1) is 0 Å². The van der Waals surface area contributed by atoms with Crippen LogP contribution in [0, 0.1) is 17.2 Å². The van der Waals surface area contributed by atoms with E-state index in [1.807, 2.05) is 36.5 Å². The van der Waals surface area contributed by atoms with Crippen molar-refractivity contribution in [3.05, 3.63) is 42.1 Å². The predicted molar refractivity (Wildman–Crippen MR) is 93.7 cm³/mol. The van der Waals surface area contributed by atoms with E-state index in [9.17, 15) is 4.79 Å². The number of aromatic nitrogens is 1. The van der Waals surface area contributed by atoms with Crippen molar-refractivity contribution < 1.29 is 4.79 Å². The van der Waals surface area contributed by atoms with E-state index < -0.39 is 0 Å². The average molecular weight is 309 g/mol. The number of para-hydroxylation sites is 1. The van der Waals surface area contributed by atoms with Gasteiger partial charge in [-0.05, 0) is 24.5 Å². The summed E-state index contributed by atoms with van der Waals surface area (Å²) in [6.07, 6.45) is 6.87. The molecule has 23 heavy (non-hydrogen) atoms. The summed E-state index contributed by atoms with van der Waals surface area (Å²) in [4.78, 5) is 11.9. The Kier molecular flexibility index (Phi) is 5.99. The average Bonchev–Trinajstić information content (AvgIpc) is 2.89. The first-order valence-corrected chi connectivity index (χ1v) is 8.02. The van der Waals surface area contributed by atoms with E-state index >= 15 is 0 Å². The van der Waals surface area contributed by atoms with Crippen LogP contribution in [-0.2, 0) is 11.3 Å². The molecule has 0 aliphatic rings. The Bertz CT molecular complexity index is 735. The molecule has 1 heterocycles. The maximum atomic E-state index is 11.9. The molecule has 0 radical (unpaired) electrons. The molecule has 0 bridgehead atoms. The molecule has 0 aliphatic heterocycles. The van der Waals surface area contributed by atoms with E-state index in [1.54, 1.807) is 6.08 Å². The van der Waals surface area contributed by atoms with E-state index in [4.69, 9.17) is 5.26 Å². The van der Waals surface area contributed by atoms with Gasteiger partial charge in [0.15, 0.2) is 0 Å². The summed E-state index contributed by atoms with van der Waals surface area (Å²) in [5.41, 5.74) is 2.08. The fourth-order valence-corrected chi connectivity index (χ4v) is 2.47. The standard InChI is InChI=1S/C19H23N3O/c1-15(2)10-12-21-19(23)9-8-16-14-22(13-5-11-20)18-7-4-3-6-17(16)18/h3-4,6-9,14-15H,5,10,12-13H2,1-2H3,(H,21,23)/b9-8+. The molecule has 0 fully saturated rings. The van der Waals surface area contributed by atoms with Crippen LogP contribution in [0.4, 0.5) is 0 Å². The van der Waals surface area contributed by atoms with E-state index in [1.165, 1.54) is 0 Å². The minimum Gasteiger partial charge on any atom is -0.353 e. The molecule has 1 aromatic carbocycles. The van der Waals surface area contributed by atoms with Gasteiger partial charge in [-0.3, -0.25) is 4.79 Å². The van der Waals surface area contributed by atoms with Crippen LogP contribution in [0.2, 0.25) is 0 Å². The molecule has 1 N–H and O–H groups in total. The van der Waals surface area contributed by atoms with Gasteiger partial charge in [0.05, 0.1) is 12.5 Å². The molecule has 0 unspecified atom stereocenters. The second kappa shape index (κ2) is 8.19. The third-order valence-corrected chi connectivity index (χ3v) is 3.72. The Morgan fingerprint density at radius 3 is 2.91 bits per heavy atom. The lowest BCUT2D eigenvalue weighted by Crippen LogP contribution is -2.23. The lowest BCUT2D eigenvalue weighted by molar-refractivity contribution is -0.116. The molecule has 0 spiro atoms. The Hall–Kier alpha value is -2.54. The Morgan fingerprint density at radius 1 is 1.39 bits per heavy atom. The van der Waals surface area contributed by atoms with Crippen LogP contribution in [0.1, 0.15) is 32.3 Å². The van der Waals surface area contributed by atoms with Gasteiger partial charge in [0, 0.05) is 41.8 Å². The quantitative estimate of drug-likeness (QED) is 0.792. The molecule has 1 amide bonds. The largest absolute Gasteiger partial charge is 0.353 e. The first-order valence-electron chi connectivity index (χ1n) is 8.02. The molecule has 0 aliphatic carbocycles. The van der Waals surface area contributed by atoms with Crippen molar-refractivity contribution in [2.24, 2.45) is 5.92 Å². The summed E-state index contributed by atoms with van der Waals surface area (Å²) in [5.74, 6) is 0.511. The van der Waals surface area contributed by atoms with Crippen molar-refractivity contribution in [2.75, 3.05) is 6.54 Å². The van der Waals surface area contributed by atoms with Crippen molar-refractivity contribution >= 4 is 22.9 Å². The number of amides is 1. The predicted octanol–water partition coefficient (Wildman–Crippen LogP) is 3.73. The molecule has 2 rings (SSSR count). The number of nitrogens with zero attached hydrogens (tertiary/aromatic N) is 2. The van der Waals surface area contributed by atoms with Crippen LogP contribution in [0.15, 0.2) is 36.5 Å². The number of carbonyl (C=O) groups excluding carboxylic acids is 1. The smallest absolute Gasteiger partial charge is 0.244 e. The van der Waals surface area contributed by atoms with Gasteiger partial charge in [0.2, 0.25) is 5.91 Å². The Morgan fingerprint density at radius 2 is 2.17 bits per heavy atom. The van der Waals surface area contributed by atoms with Crippen molar-refractivity contribution in [3.8, 4) is 6.07 Å². The van der Waals surface area contributed by atoms with Crippen LogP contribution >= 0.6 is 0 Å². The van der Waals surface area contributed by atoms with E-state index in [2.05, 4.69) is 29.8 Å². The summed E-state index contributed by atoms with van der Waals surface area (Å²) in [7, 11) is 0. The summed E-state index contributed by atoms with van der Waals surface area (Å²) in [6, 6.07) is 10.2. The minimum atomic E-state index is -0.0699. The minimum absolute atomic E-state index is 0.0699. The highest BCUT2D eigenvalue weighted by atomic mass is 16.1. The fourth-order valence-electron chi connectivity index (χ4n) is 2.47. The SMILES string of the molecule is CC(C)CCNC(=O)/C=C/c1cn(CCC#N)c2ccccc12. The van der Waals surface area contributed by atoms with Crippen LogP contribution in [0.3, 0.4) is 0 Å². The summed E-state index contributed by atoms with van der Waals surface area (Å²) < 4.78 is 2.06. The highest BCUT2D eigenvalue weighted by molar-refractivity contribution is 5.96. The van der Waals surface area contributed by atoms with E-state index in [-0.39, 0.29) is 5.91 Å². The third kappa shape index (κ3) is 4.72. The van der Waals surface area contributed by atoms with E-state index in [0.29, 0.717) is 25.4 Å². The zero-order valence-corrected chi connectivity index (χ0v) is 13.7. The second-order valence-corrected chi connectivity index (χ2v) is 6.01. The molecular formula is C19H23N3O. The van der Waals surface area contributed by atoms with Gasteiger partial charge < -0.3 is 9.88 Å². The monoisotopic (exact) mass is 309 g/mol. The van der Waals surface area contributed by atoms with Crippen LogP contribution in [0.5, 0.6) is 0 Å². The van der Waals surface area contributed by atoms with Gasteiger partial charge >= 0.3 is 0 Å². The lowest BCUT2D eigenvalue weighted by Gasteiger charge is -2.04. The number of fused-ring (bicyclic) bond motifs is 1. The van der Waals surface area contributed by atoms with Crippen molar-refractivity contribution in [3.63, 3.8) is 0 Å². The maximum absolute atomic E-state index is 11.9.